The minimum absolute atomic E-state index is 0.0522. The molecule has 0 N–H and O–H groups in total. The SMILES string of the molecule is C=C(C)C(=O)OCCCc1cc(-c2cc(CC)c(-c3ccc(C4CCC(CCCCC)CC4)cc3F)cc2CCCOC(=O)C(=C)C)ccc1OCC(CS)(CS)COC(=O)C(=C)C. The van der Waals surface area contributed by atoms with Crippen molar-refractivity contribution in [1.29, 1.82) is 0 Å². The highest BCUT2D eigenvalue weighted by molar-refractivity contribution is 7.81. The number of carbonyl (C=O) groups is 3. The topological polar surface area (TPSA) is 88.1 Å². The molecule has 0 bridgehead atoms. The van der Waals surface area contributed by atoms with E-state index < -0.39 is 23.3 Å². The molecule has 4 rings (SSSR count). The Hall–Kier alpha value is -4.28. The monoisotopic (exact) mass is 914 g/mol. The number of unbranched alkanes of at least 4 members (excludes halogenated alkanes) is 2. The normalized spacial score (nSPS) is 15.0. The number of hydrogen-bond donors (Lipinski definition) is 2. The first-order valence-corrected chi connectivity index (χ1v) is 24.3. The summed E-state index contributed by atoms with van der Waals surface area (Å²) in [4.78, 5) is 36.8. The number of hydrogen-bond acceptors (Lipinski definition) is 9. The molecule has 0 aromatic heterocycles. The van der Waals surface area contributed by atoms with Crippen molar-refractivity contribution >= 4 is 43.2 Å². The van der Waals surface area contributed by atoms with Gasteiger partial charge in [-0.05, 0) is 148 Å². The molecule has 64 heavy (non-hydrogen) atoms. The number of ether oxygens (including phenoxy) is 4. The first-order chi connectivity index (χ1) is 30.6. The second-order valence-electron chi connectivity index (χ2n) is 17.8. The number of benzene rings is 3. The molecule has 0 atom stereocenters. The number of halogens is 1. The van der Waals surface area contributed by atoms with Crippen molar-refractivity contribution in [2.75, 3.05) is 37.9 Å². The molecule has 1 aliphatic rings. The molecule has 0 heterocycles. The van der Waals surface area contributed by atoms with Crippen LogP contribution in [-0.4, -0.2) is 55.8 Å². The van der Waals surface area contributed by atoms with Crippen molar-refractivity contribution in [3.05, 3.63) is 113 Å². The van der Waals surface area contributed by atoms with Crippen molar-refractivity contribution in [1.82, 2.24) is 0 Å². The van der Waals surface area contributed by atoms with Crippen LogP contribution in [-0.2, 0) is 47.9 Å². The minimum atomic E-state index is -0.683. The molecule has 7 nitrogen and oxygen atoms in total. The van der Waals surface area contributed by atoms with Gasteiger partial charge in [0.25, 0.3) is 0 Å². The zero-order valence-electron chi connectivity index (χ0n) is 39.0. The van der Waals surface area contributed by atoms with Gasteiger partial charge in [0.1, 0.15) is 18.2 Å². The van der Waals surface area contributed by atoms with Gasteiger partial charge in [-0.15, -0.1) is 0 Å². The first-order valence-electron chi connectivity index (χ1n) is 23.1. The molecule has 1 aliphatic carbocycles. The van der Waals surface area contributed by atoms with E-state index in [2.05, 4.69) is 83.1 Å². The number of thiol groups is 2. The predicted octanol–water partition coefficient (Wildman–Crippen LogP) is 13.0. The average Bonchev–Trinajstić information content (AvgIpc) is 3.29. The lowest BCUT2D eigenvalue weighted by molar-refractivity contribution is -0.142. The molecule has 0 radical (unpaired) electrons. The Kier molecular flexibility index (Phi) is 21.3. The summed E-state index contributed by atoms with van der Waals surface area (Å²) in [6, 6.07) is 16.2. The van der Waals surface area contributed by atoms with Crippen molar-refractivity contribution in [3.8, 4) is 28.0 Å². The molecule has 1 fully saturated rings. The number of esters is 3. The molecule has 10 heteroatoms. The third-order valence-electron chi connectivity index (χ3n) is 12.3. The molecule has 348 valence electrons. The van der Waals surface area contributed by atoms with Gasteiger partial charge in [0.15, 0.2) is 0 Å². The molecule has 0 spiro atoms. The lowest BCUT2D eigenvalue weighted by Gasteiger charge is -2.30. The second-order valence-corrected chi connectivity index (χ2v) is 18.4. The summed E-state index contributed by atoms with van der Waals surface area (Å²) in [5.74, 6) is 0.910. The van der Waals surface area contributed by atoms with Gasteiger partial charge in [0.05, 0.1) is 25.2 Å². The van der Waals surface area contributed by atoms with E-state index in [1.54, 1.807) is 26.8 Å². The summed E-state index contributed by atoms with van der Waals surface area (Å²) < 4.78 is 39.4. The van der Waals surface area contributed by atoms with Crippen LogP contribution in [0.3, 0.4) is 0 Å². The summed E-state index contributed by atoms with van der Waals surface area (Å²) in [6.45, 7) is 20.9. The van der Waals surface area contributed by atoms with Crippen LogP contribution in [0.1, 0.15) is 127 Å². The van der Waals surface area contributed by atoms with Gasteiger partial charge in [0, 0.05) is 33.8 Å². The fourth-order valence-corrected chi connectivity index (χ4v) is 8.98. The minimum Gasteiger partial charge on any atom is -0.493 e. The van der Waals surface area contributed by atoms with E-state index in [0.29, 0.717) is 77.6 Å². The lowest BCUT2D eigenvalue weighted by Crippen LogP contribution is -2.38. The third kappa shape index (κ3) is 15.1. The maximum Gasteiger partial charge on any atom is 0.333 e. The van der Waals surface area contributed by atoms with Crippen molar-refractivity contribution in [3.63, 3.8) is 0 Å². The van der Waals surface area contributed by atoms with E-state index in [-0.39, 0.29) is 32.2 Å². The van der Waals surface area contributed by atoms with E-state index in [0.717, 1.165) is 57.7 Å². The van der Waals surface area contributed by atoms with E-state index in [1.165, 1.54) is 38.5 Å². The molecular weight excluding hydrogens is 844 g/mol. The maximum atomic E-state index is 16.4. The Morgan fingerprint density at radius 2 is 1.27 bits per heavy atom. The molecule has 3 aromatic carbocycles. The summed E-state index contributed by atoms with van der Waals surface area (Å²) in [5, 5.41) is 0. The number of carbonyl (C=O) groups excluding carboxylic acids is 3. The summed E-state index contributed by atoms with van der Waals surface area (Å²) in [7, 11) is 0. The lowest BCUT2D eigenvalue weighted by atomic mass is 9.76. The van der Waals surface area contributed by atoms with Crippen LogP contribution in [0.2, 0.25) is 0 Å². The highest BCUT2D eigenvalue weighted by Crippen LogP contribution is 2.41. The van der Waals surface area contributed by atoms with Crippen LogP contribution in [0.15, 0.2) is 85.0 Å². The summed E-state index contributed by atoms with van der Waals surface area (Å²) in [5.41, 5.74) is 7.60. The molecule has 1 saturated carbocycles. The van der Waals surface area contributed by atoms with Crippen LogP contribution < -0.4 is 4.74 Å². The Bertz CT molecular complexity index is 2100. The van der Waals surface area contributed by atoms with Crippen molar-refractivity contribution in [2.45, 2.75) is 124 Å². The smallest absolute Gasteiger partial charge is 0.333 e. The van der Waals surface area contributed by atoms with E-state index >= 15 is 4.39 Å². The predicted molar refractivity (Wildman–Crippen MR) is 265 cm³/mol. The van der Waals surface area contributed by atoms with E-state index in [9.17, 15) is 14.4 Å². The molecule has 0 saturated heterocycles. The quantitative estimate of drug-likeness (QED) is 0.0273. The largest absolute Gasteiger partial charge is 0.493 e. The highest BCUT2D eigenvalue weighted by atomic mass is 32.1. The Morgan fingerprint density at radius 1 is 0.672 bits per heavy atom. The van der Waals surface area contributed by atoms with Crippen molar-refractivity contribution < 1.29 is 37.7 Å². The fourth-order valence-electron chi connectivity index (χ4n) is 8.21. The average molecular weight is 915 g/mol. The molecule has 0 aliphatic heterocycles. The molecule has 0 amide bonds. The Balaban J connectivity index is 1.72. The highest BCUT2D eigenvalue weighted by Gasteiger charge is 2.31. The van der Waals surface area contributed by atoms with Gasteiger partial charge in [-0.2, -0.15) is 25.3 Å². The summed E-state index contributed by atoms with van der Waals surface area (Å²) in [6.07, 6.45) is 12.6. The standard InChI is InChI=1S/C54H71FO7S2/c1-9-11-12-15-39-18-20-41(21-19-39)42-22-24-46(49(55)31-42)48-30-43(16-13-26-59-51(56)36(3)4)47(29-40(48)10-2)44-23-25-50(45(28-44)17-14-27-60-52(57)37(5)6)61-32-54(34-63,35-64)33-62-53(58)38(7)8/h22-25,28-31,39,41,63-64H,3,5,7,9-21,26-27,32-35H2,1-2,4,6,8H3. The van der Waals surface area contributed by atoms with Gasteiger partial charge in [-0.25, -0.2) is 18.8 Å². The van der Waals surface area contributed by atoms with Gasteiger partial charge in [0.2, 0.25) is 0 Å². The molecule has 0 unspecified atom stereocenters. The van der Waals surface area contributed by atoms with Crippen LogP contribution in [0.5, 0.6) is 5.75 Å². The van der Waals surface area contributed by atoms with E-state index in [1.807, 2.05) is 18.2 Å². The van der Waals surface area contributed by atoms with E-state index in [4.69, 9.17) is 18.9 Å². The van der Waals surface area contributed by atoms with Gasteiger partial charge in [-0.1, -0.05) is 89.6 Å². The van der Waals surface area contributed by atoms with Crippen LogP contribution in [0, 0.1) is 17.2 Å². The second kappa shape index (κ2) is 26.0. The number of aryl methyl sites for hydroxylation is 3. The Morgan fingerprint density at radius 3 is 1.83 bits per heavy atom. The zero-order valence-corrected chi connectivity index (χ0v) is 40.7. The molecular formula is C54H71FO7S2. The summed E-state index contributed by atoms with van der Waals surface area (Å²) >= 11 is 9.19. The van der Waals surface area contributed by atoms with Gasteiger partial charge >= 0.3 is 17.9 Å². The van der Waals surface area contributed by atoms with Crippen molar-refractivity contribution in [2.24, 2.45) is 11.3 Å². The fraction of sp³-hybridized carbons (Fsp3) is 0.500. The zero-order chi connectivity index (χ0) is 46.8. The van der Waals surface area contributed by atoms with Gasteiger partial charge < -0.3 is 18.9 Å². The van der Waals surface area contributed by atoms with Crippen LogP contribution >= 0.6 is 25.3 Å². The van der Waals surface area contributed by atoms with Crippen LogP contribution in [0.25, 0.3) is 22.3 Å². The Labute approximate surface area is 393 Å². The third-order valence-corrected chi connectivity index (χ3v) is 13.6. The maximum absolute atomic E-state index is 16.4. The van der Waals surface area contributed by atoms with Crippen LogP contribution in [0.4, 0.5) is 4.39 Å². The number of rotatable bonds is 26. The van der Waals surface area contributed by atoms with Gasteiger partial charge in [-0.3, -0.25) is 0 Å². The first kappa shape index (κ1) is 52.3. The molecule has 3 aromatic rings.